The molecule has 0 saturated carbocycles. The third-order valence-electron chi connectivity index (χ3n) is 3.10. The number of aromatic amines is 1. The Bertz CT molecular complexity index is 783. The van der Waals surface area contributed by atoms with E-state index in [1.165, 1.54) is 0 Å². The number of rotatable bonds is 4. The van der Waals surface area contributed by atoms with Gasteiger partial charge in [0.25, 0.3) is 0 Å². The number of carbonyl (C=O) groups excluding carboxylic acids is 2. The molecule has 5 heteroatoms. The van der Waals surface area contributed by atoms with E-state index in [0.29, 0.717) is 16.9 Å². The molecule has 1 aromatic carbocycles. The Kier molecular flexibility index (Phi) is 11.2. The molecule has 3 rings (SSSR count). The van der Waals surface area contributed by atoms with Crippen molar-refractivity contribution in [1.29, 1.82) is 0 Å². The van der Waals surface area contributed by atoms with Crippen LogP contribution < -0.4 is 0 Å². The van der Waals surface area contributed by atoms with Crippen LogP contribution in [0.5, 0.6) is 0 Å². The third kappa shape index (κ3) is 6.35. The molecule has 2 heterocycles. The minimum Gasteiger partial charge on any atom is -0.417 e. The molecule has 0 atom stereocenters. The number of carbonyl (C=O) groups is 1. The first kappa shape index (κ1) is 22.9. The summed E-state index contributed by atoms with van der Waals surface area (Å²) in [5, 5.41) is 0.807. The Morgan fingerprint density at radius 2 is 1.72 bits per heavy atom. The second-order valence-corrected chi connectivity index (χ2v) is 4.53. The summed E-state index contributed by atoms with van der Waals surface area (Å²) in [5.74, 6) is 0.0458. The van der Waals surface area contributed by atoms with Gasteiger partial charge in [0.15, 0.2) is 5.78 Å². The Morgan fingerprint density at radius 1 is 1.08 bits per heavy atom. The van der Waals surface area contributed by atoms with E-state index in [1.54, 1.807) is 30.7 Å². The Balaban J connectivity index is 0.00000108. The number of aromatic nitrogens is 2. The average Bonchev–Trinajstić information content (AvgIpc) is 3.08. The first-order chi connectivity index (χ1) is 11.8. The van der Waals surface area contributed by atoms with Crippen molar-refractivity contribution in [2.24, 2.45) is 0 Å². The molecule has 0 aliphatic carbocycles. The van der Waals surface area contributed by atoms with Gasteiger partial charge in [-0.05, 0) is 5.56 Å². The van der Waals surface area contributed by atoms with Gasteiger partial charge < -0.3 is 9.78 Å². The molecule has 0 amide bonds. The predicted molar refractivity (Wildman–Crippen MR) is 98.1 cm³/mol. The van der Waals surface area contributed by atoms with Crippen molar-refractivity contribution >= 4 is 23.1 Å². The van der Waals surface area contributed by atoms with Gasteiger partial charge in [0.05, 0.1) is 0 Å². The van der Waals surface area contributed by atoms with Gasteiger partial charge in [0.1, 0.15) is 5.65 Å². The van der Waals surface area contributed by atoms with Crippen molar-refractivity contribution in [3.8, 4) is 0 Å². The van der Waals surface area contributed by atoms with E-state index in [9.17, 15) is 9.59 Å². The van der Waals surface area contributed by atoms with E-state index < -0.39 is 0 Å². The molecule has 1 radical (unpaired) electrons. The molecule has 0 aliphatic rings. The molecule has 0 fully saturated rings. The molecule has 4 nitrogen and oxygen atoms in total. The number of benzene rings is 1. The smallest absolute Gasteiger partial charge is 0.167 e. The van der Waals surface area contributed by atoms with Crippen molar-refractivity contribution < 1.29 is 29.1 Å². The van der Waals surface area contributed by atoms with E-state index in [1.807, 2.05) is 52.0 Å². The van der Waals surface area contributed by atoms with Crippen molar-refractivity contribution in [3.63, 3.8) is 0 Å². The van der Waals surface area contributed by atoms with E-state index in [4.69, 9.17) is 0 Å². The summed E-state index contributed by atoms with van der Waals surface area (Å²) in [4.78, 5) is 29.7. The average molecular weight is 426 g/mol. The van der Waals surface area contributed by atoms with Crippen LogP contribution in [0.4, 0.5) is 0 Å². The van der Waals surface area contributed by atoms with Crippen LogP contribution in [0.15, 0.2) is 48.7 Å². The fourth-order valence-corrected chi connectivity index (χ4v) is 2.12. The number of nitrogens with one attached hydrogen (secondary N) is 1. The second kappa shape index (κ2) is 12.3. The van der Waals surface area contributed by atoms with E-state index in [2.05, 4.69) is 9.97 Å². The minimum absolute atomic E-state index is 0. The number of hydrogen-bond donors (Lipinski definition) is 1. The summed E-state index contributed by atoms with van der Waals surface area (Å²) < 4.78 is 0. The molecule has 135 valence electrons. The van der Waals surface area contributed by atoms with Gasteiger partial charge in [0.2, 0.25) is 0 Å². The van der Waals surface area contributed by atoms with Crippen LogP contribution in [-0.2, 0) is 30.7 Å². The normalized spacial score (nSPS) is 8.96. The molecule has 25 heavy (non-hydrogen) atoms. The number of H-pyrrole nitrogens is 1. The van der Waals surface area contributed by atoms with Gasteiger partial charge in [0, 0.05) is 43.9 Å². The maximum Gasteiger partial charge on any atom is 0.167 e. The summed E-state index contributed by atoms with van der Waals surface area (Å²) in [5.41, 5.74) is 2.49. The Hall–Kier alpha value is -2.13. The Morgan fingerprint density at radius 3 is 2.32 bits per heavy atom. The summed E-state index contributed by atoms with van der Waals surface area (Å²) >= 11 is 0. The van der Waals surface area contributed by atoms with Crippen LogP contribution in [0.3, 0.4) is 0 Å². The number of Topliss-reactive ketones (excluding diaryl/α,β-unsaturated/α-hetero) is 1. The first-order valence-electron chi connectivity index (χ1n) is 8.20. The third-order valence-corrected chi connectivity index (χ3v) is 3.10. The molecule has 3 aromatic rings. The van der Waals surface area contributed by atoms with Gasteiger partial charge in [-0.15, -0.1) is 0 Å². The monoisotopic (exact) mass is 426 g/mol. The zero-order chi connectivity index (χ0) is 17.9. The van der Waals surface area contributed by atoms with Crippen molar-refractivity contribution in [1.82, 2.24) is 9.97 Å². The standard InChI is InChI=1S/C16H11N2O2.2C2H6.Rh/c19-10-14-8-13-6-11(9-17-16(13)18-14)7-15(20)12-4-2-1-3-5-12;2*1-2;/h1-6,8-9H,7H2,(H,17,18);2*1-2H3;/q-1;;;. The summed E-state index contributed by atoms with van der Waals surface area (Å²) in [7, 11) is 0. The number of hydrogen-bond acceptors (Lipinski definition) is 3. The molecule has 0 bridgehead atoms. The topological polar surface area (TPSA) is 62.8 Å². The summed E-state index contributed by atoms with van der Waals surface area (Å²) in [6, 6.07) is 12.7. The fraction of sp³-hybridized carbons (Fsp3) is 0.250. The van der Waals surface area contributed by atoms with Gasteiger partial charge in [-0.25, -0.2) is 4.98 Å². The second-order valence-electron chi connectivity index (χ2n) is 4.53. The number of nitrogens with zero attached hydrogens (tertiary/aromatic N) is 1. The van der Waals surface area contributed by atoms with Gasteiger partial charge in [-0.1, -0.05) is 75.2 Å². The van der Waals surface area contributed by atoms with Gasteiger partial charge in [-0.3, -0.25) is 4.79 Å². The minimum atomic E-state index is 0. The Labute approximate surface area is 161 Å². The molecule has 2 aromatic heterocycles. The van der Waals surface area contributed by atoms with Gasteiger partial charge in [-0.2, -0.15) is 6.07 Å². The quantitative estimate of drug-likeness (QED) is 0.380. The molecular weight excluding hydrogens is 403 g/mol. The maximum absolute atomic E-state index is 12.1. The molecule has 0 saturated heterocycles. The van der Waals surface area contributed by atoms with Crippen molar-refractivity contribution in [2.75, 3.05) is 0 Å². The SMILES string of the molecule is CC.CC.O=[C-]c1cc2cc(CC(=O)c3ccccc3)cnc2[nH]1.[Rh]. The summed E-state index contributed by atoms with van der Waals surface area (Å²) in [6.45, 7) is 8.00. The predicted octanol–water partition coefficient (Wildman–Crippen LogP) is 4.50. The molecule has 1 N–H and O–H groups in total. The van der Waals surface area contributed by atoms with Gasteiger partial charge >= 0.3 is 0 Å². The summed E-state index contributed by atoms with van der Waals surface area (Å²) in [6.07, 6.45) is 3.73. The van der Waals surface area contributed by atoms with Crippen LogP contribution in [0.1, 0.15) is 49.3 Å². The van der Waals surface area contributed by atoms with Crippen LogP contribution in [-0.4, -0.2) is 22.0 Å². The maximum atomic E-state index is 12.1. The first-order valence-corrected chi connectivity index (χ1v) is 8.20. The molecule has 0 unspecified atom stereocenters. The molecule has 0 aliphatic heterocycles. The number of pyridine rings is 1. The molecular formula is C20H23N2O2Rh-. The van der Waals surface area contributed by atoms with Crippen LogP contribution in [0, 0.1) is 0 Å². The van der Waals surface area contributed by atoms with Crippen LogP contribution in [0.2, 0.25) is 0 Å². The molecule has 0 spiro atoms. The van der Waals surface area contributed by atoms with Crippen molar-refractivity contribution in [2.45, 2.75) is 34.1 Å². The largest absolute Gasteiger partial charge is 0.417 e. The number of fused-ring (bicyclic) bond motifs is 1. The van der Waals surface area contributed by atoms with Crippen molar-refractivity contribution in [3.05, 3.63) is 65.5 Å². The van der Waals surface area contributed by atoms with E-state index in [0.717, 1.165) is 10.9 Å². The zero-order valence-electron chi connectivity index (χ0n) is 14.9. The van der Waals surface area contributed by atoms with Crippen LogP contribution >= 0.6 is 0 Å². The number of ketones is 1. The van der Waals surface area contributed by atoms with E-state index >= 15 is 0 Å². The zero-order valence-corrected chi connectivity index (χ0v) is 16.6. The van der Waals surface area contributed by atoms with Crippen LogP contribution in [0.25, 0.3) is 11.0 Å². The van der Waals surface area contributed by atoms with E-state index in [-0.39, 0.29) is 31.7 Å². The fourth-order valence-electron chi connectivity index (χ4n) is 2.12.